The topological polar surface area (TPSA) is 0 Å². The zero-order chi connectivity index (χ0) is 8.81. The van der Waals surface area contributed by atoms with Gasteiger partial charge in [0.25, 0.3) is 0 Å². The Labute approximate surface area is 95.1 Å². The molecule has 73 valence electrons. The summed E-state index contributed by atoms with van der Waals surface area (Å²) in [6.45, 7) is 4.00. The van der Waals surface area contributed by atoms with Gasteiger partial charge >= 0.3 is 18.6 Å². The van der Waals surface area contributed by atoms with E-state index < -0.39 is 0 Å². The molecule has 2 rings (SSSR count). The van der Waals surface area contributed by atoms with Crippen molar-refractivity contribution in [2.24, 2.45) is 11.8 Å². The Kier molecular flexibility index (Phi) is 7.89. The predicted molar refractivity (Wildman–Crippen MR) is 54.5 cm³/mol. The zero-order valence-electron chi connectivity index (χ0n) is 8.74. The van der Waals surface area contributed by atoms with Crippen molar-refractivity contribution < 1.29 is 18.6 Å². The molecular weight excluding hydrogens is 195 g/mol. The average Bonchev–Trinajstić information content (AvgIpc) is 2.68. The van der Waals surface area contributed by atoms with Gasteiger partial charge in [-0.05, 0) is 12.8 Å². The first kappa shape index (κ1) is 13.3. The van der Waals surface area contributed by atoms with Gasteiger partial charge in [-0.15, -0.1) is 0 Å². The molecule has 1 radical (unpaired) electrons. The first-order chi connectivity index (χ1) is 5.88. The smallest absolute Gasteiger partial charge is 0.335 e. The molecule has 2 aliphatic carbocycles. The molecule has 0 saturated heterocycles. The first-order valence-corrected chi connectivity index (χ1v) is 5.12. The summed E-state index contributed by atoms with van der Waals surface area (Å²) in [5.41, 5.74) is 0. The van der Waals surface area contributed by atoms with Gasteiger partial charge in [0.15, 0.2) is 0 Å². The number of hydrogen-bond acceptors (Lipinski definition) is 0. The first-order valence-electron chi connectivity index (χ1n) is 5.12. The van der Waals surface area contributed by atoms with E-state index in [1.807, 2.05) is 20.3 Å². The molecule has 0 aromatic carbocycles. The number of rotatable bonds is 0. The quantitative estimate of drug-likeness (QED) is 0.426. The Morgan fingerprint density at radius 1 is 1.08 bits per heavy atom. The fourth-order valence-electron chi connectivity index (χ4n) is 1.69. The van der Waals surface area contributed by atoms with Gasteiger partial charge in [-0.2, -0.15) is 25.7 Å². The number of fused-ring (bicyclic) bond motifs is 1. The number of hydrogen-bond donors (Lipinski definition) is 0. The van der Waals surface area contributed by atoms with E-state index in [2.05, 4.69) is 18.6 Å². The second kappa shape index (κ2) is 7.70. The van der Waals surface area contributed by atoms with Gasteiger partial charge in [0.05, 0.1) is 0 Å². The molecule has 2 unspecified atom stereocenters. The van der Waals surface area contributed by atoms with Crippen LogP contribution in [0.2, 0.25) is 0 Å². The van der Waals surface area contributed by atoms with Crippen LogP contribution in [0.25, 0.3) is 0 Å². The third-order valence-corrected chi connectivity index (χ3v) is 2.40. The van der Waals surface area contributed by atoms with Crippen LogP contribution in [0, 0.1) is 24.7 Å². The molecule has 0 bridgehead atoms. The molecule has 0 spiro atoms. The fraction of sp³-hybridized carbons (Fsp3) is 0.667. The summed E-state index contributed by atoms with van der Waals surface area (Å²) in [6.07, 6.45) is 14.6. The second-order valence-electron chi connectivity index (χ2n) is 3.72. The summed E-state index contributed by atoms with van der Waals surface area (Å²) in [7, 11) is 0. The largest absolute Gasteiger partial charge is 2.00 e. The third kappa shape index (κ3) is 5.59. The monoisotopic (exact) mass is 215 g/mol. The van der Waals surface area contributed by atoms with Crippen molar-refractivity contribution in [2.45, 2.75) is 39.5 Å². The van der Waals surface area contributed by atoms with Gasteiger partial charge in [-0.25, -0.2) is 0 Å². The second-order valence-corrected chi connectivity index (χ2v) is 3.72. The molecule has 2 atom stereocenters. The van der Waals surface area contributed by atoms with Crippen LogP contribution >= 0.6 is 0 Å². The number of allylic oxidation sites excluding steroid dienone is 2. The standard InChI is InChI=1S/C9H13.C3H7.V/c1-2-4-6-9-7-8(9)5-3-1;1-3-2;/h1-2,7-9H,3-6H2;3H,1-2H3;/q2*-1;+2/b2-1-;;. The van der Waals surface area contributed by atoms with Gasteiger partial charge < -0.3 is 12.8 Å². The fourth-order valence-corrected chi connectivity index (χ4v) is 1.69. The van der Waals surface area contributed by atoms with E-state index in [0.29, 0.717) is 0 Å². The van der Waals surface area contributed by atoms with Crippen molar-refractivity contribution in [1.82, 2.24) is 0 Å². The summed E-state index contributed by atoms with van der Waals surface area (Å²) in [6, 6.07) is 0. The maximum atomic E-state index is 2.51. The van der Waals surface area contributed by atoms with Crippen LogP contribution in [0.4, 0.5) is 0 Å². The van der Waals surface area contributed by atoms with Gasteiger partial charge in [0, 0.05) is 0 Å². The van der Waals surface area contributed by atoms with Crippen molar-refractivity contribution in [1.29, 1.82) is 0 Å². The Morgan fingerprint density at radius 2 is 1.46 bits per heavy atom. The Bertz CT molecular complexity index is 126. The van der Waals surface area contributed by atoms with E-state index >= 15 is 0 Å². The van der Waals surface area contributed by atoms with E-state index in [0.717, 1.165) is 11.8 Å². The van der Waals surface area contributed by atoms with Crippen molar-refractivity contribution in [3.8, 4) is 0 Å². The Morgan fingerprint density at radius 3 is 1.85 bits per heavy atom. The van der Waals surface area contributed by atoms with Crippen molar-refractivity contribution >= 4 is 0 Å². The molecule has 0 aromatic rings. The van der Waals surface area contributed by atoms with E-state index in [4.69, 9.17) is 0 Å². The summed E-state index contributed by atoms with van der Waals surface area (Å²) in [5, 5.41) is 0. The molecule has 1 fully saturated rings. The SMILES string of the molecule is C1=C\CCC2[CH-]C2CC/1.C[CH-]C.[V+2]. The molecule has 1 heteroatoms. The average molecular weight is 215 g/mol. The molecule has 2 aliphatic rings. The van der Waals surface area contributed by atoms with Crippen LogP contribution in [0.1, 0.15) is 39.5 Å². The van der Waals surface area contributed by atoms with Crippen LogP contribution in [0.15, 0.2) is 12.2 Å². The molecule has 0 aromatic heterocycles. The van der Waals surface area contributed by atoms with Crippen LogP contribution in [0.3, 0.4) is 0 Å². The minimum Gasteiger partial charge on any atom is -0.335 e. The molecule has 0 heterocycles. The van der Waals surface area contributed by atoms with Gasteiger partial charge in [-0.1, -0.05) is 25.0 Å². The van der Waals surface area contributed by atoms with Crippen molar-refractivity contribution in [3.05, 3.63) is 25.0 Å². The molecule has 1 saturated carbocycles. The van der Waals surface area contributed by atoms with Crippen LogP contribution < -0.4 is 0 Å². The van der Waals surface area contributed by atoms with Crippen LogP contribution in [-0.2, 0) is 18.6 Å². The van der Waals surface area contributed by atoms with Crippen molar-refractivity contribution in [2.75, 3.05) is 0 Å². The van der Waals surface area contributed by atoms with E-state index in [9.17, 15) is 0 Å². The Hall–Kier alpha value is 0.324. The van der Waals surface area contributed by atoms with Gasteiger partial charge in [0.2, 0.25) is 0 Å². The van der Waals surface area contributed by atoms with E-state index in [1.165, 1.54) is 25.7 Å². The minimum absolute atomic E-state index is 0. The summed E-state index contributed by atoms with van der Waals surface area (Å²) >= 11 is 0. The summed E-state index contributed by atoms with van der Waals surface area (Å²) in [5.74, 6) is 2.02. The van der Waals surface area contributed by atoms with Crippen LogP contribution in [0.5, 0.6) is 0 Å². The summed E-state index contributed by atoms with van der Waals surface area (Å²) < 4.78 is 0. The molecule has 0 N–H and O–H groups in total. The molecule has 0 aliphatic heterocycles. The maximum Gasteiger partial charge on any atom is 2.00 e. The van der Waals surface area contributed by atoms with Crippen LogP contribution in [-0.4, -0.2) is 0 Å². The van der Waals surface area contributed by atoms with E-state index in [1.54, 1.807) is 0 Å². The molecular formula is C12H20V. The van der Waals surface area contributed by atoms with E-state index in [-0.39, 0.29) is 18.6 Å². The predicted octanol–water partition coefficient (Wildman–Crippen LogP) is 3.79. The zero-order valence-corrected chi connectivity index (χ0v) is 10.1. The molecule has 0 nitrogen and oxygen atoms in total. The molecule has 0 amide bonds. The third-order valence-electron chi connectivity index (χ3n) is 2.40. The molecule has 13 heavy (non-hydrogen) atoms. The summed E-state index contributed by atoms with van der Waals surface area (Å²) in [4.78, 5) is 0. The maximum absolute atomic E-state index is 2.51. The minimum atomic E-state index is 0. The van der Waals surface area contributed by atoms with Gasteiger partial charge in [-0.3, -0.25) is 0 Å². The van der Waals surface area contributed by atoms with Crippen molar-refractivity contribution in [3.63, 3.8) is 0 Å². The normalized spacial score (nSPS) is 32.2. The van der Waals surface area contributed by atoms with Gasteiger partial charge in [0.1, 0.15) is 0 Å². The Balaban J connectivity index is 0.000000324.